The smallest absolute Gasteiger partial charge is 0.185 e. The van der Waals surface area contributed by atoms with E-state index in [2.05, 4.69) is 44.7 Å². The summed E-state index contributed by atoms with van der Waals surface area (Å²) in [6.07, 6.45) is 1.66. The third-order valence-corrected chi connectivity index (χ3v) is 5.52. The Balaban J connectivity index is 1.55. The molecule has 0 aliphatic carbocycles. The lowest BCUT2D eigenvalue weighted by molar-refractivity contribution is 0.647. The SMILES string of the molecule is Cc1nc(N2CCN(c3ncnc4ccccc34)CC2)sc1C. The fourth-order valence-corrected chi connectivity index (χ4v) is 3.90. The largest absolute Gasteiger partial charge is 0.352 e. The first-order valence-electron chi connectivity index (χ1n) is 7.86. The molecule has 0 radical (unpaired) electrons. The van der Waals surface area contributed by atoms with Crippen molar-refractivity contribution < 1.29 is 0 Å². The highest BCUT2D eigenvalue weighted by molar-refractivity contribution is 7.15. The van der Waals surface area contributed by atoms with Crippen LogP contribution in [0, 0.1) is 13.8 Å². The molecule has 0 spiro atoms. The van der Waals surface area contributed by atoms with Crippen LogP contribution in [0.15, 0.2) is 30.6 Å². The first kappa shape index (κ1) is 14.4. The summed E-state index contributed by atoms with van der Waals surface area (Å²) in [5.41, 5.74) is 2.15. The summed E-state index contributed by atoms with van der Waals surface area (Å²) in [5, 5.41) is 2.27. The van der Waals surface area contributed by atoms with Crippen molar-refractivity contribution in [1.82, 2.24) is 15.0 Å². The van der Waals surface area contributed by atoms with Crippen molar-refractivity contribution in [2.45, 2.75) is 13.8 Å². The van der Waals surface area contributed by atoms with Crippen LogP contribution in [-0.4, -0.2) is 41.1 Å². The molecule has 1 aliphatic rings. The first-order valence-corrected chi connectivity index (χ1v) is 8.68. The summed E-state index contributed by atoms with van der Waals surface area (Å²) >= 11 is 1.79. The van der Waals surface area contributed by atoms with E-state index in [1.54, 1.807) is 17.7 Å². The number of fused-ring (bicyclic) bond motifs is 1. The Morgan fingerprint density at radius 3 is 2.43 bits per heavy atom. The summed E-state index contributed by atoms with van der Waals surface area (Å²) in [4.78, 5) is 19.6. The van der Waals surface area contributed by atoms with E-state index in [4.69, 9.17) is 0 Å². The highest BCUT2D eigenvalue weighted by Gasteiger charge is 2.22. The van der Waals surface area contributed by atoms with E-state index in [9.17, 15) is 0 Å². The van der Waals surface area contributed by atoms with Crippen LogP contribution in [-0.2, 0) is 0 Å². The van der Waals surface area contributed by atoms with Gasteiger partial charge in [-0.1, -0.05) is 12.1 Å². The summed E-state index contributed by atoms with van der Waals surface area (Å²) in [5.74, 6) is 1.04. The van der Waals surface area contributed by atoms with Crippen LogP contribution in [0.25, 0.3) is 10.9 Å². The quantitative estimate of drug-likeness (QED) is 0.725. The van der Waals surface area contributed by atoms with Gasteiger partial charge in [-0.15, -0.1) is 11.3 Å². The number of aryl methyl sites for hydroxylation is 2. The minimum atomic E-state index is 0.957. The minimum Gasteiger partial charge on any atom is -0.352 e. The van der Waals surface area contributed by atoms with E-state index in [0.717, 1.165) is 53.7 Å². The molecule has 6 heteroatoms. The van der Waals surface area contributed by atoms with E-state index in [-0.39, 0.29) is 0 Å². The molecule has 0 amide bonds. The molecule has 0 atom stereocenters. The molecule has 3 heterocycles. The number of benzene rings is 1. The Morgan fingerprint density at radius 2 is 1.70 bits per heavy atom. The van der Waals surface area contributed by atoms with E-state index < -0.39 is 0 Å². The number of nitrogens with zero attached hydrogens (tertiary/aromatic N) is 5. The van der Waals surface area contributed by atoms with Gasteiger partial charge in [0.2, 0.25) is 0 Å². The molecule has 5 nitrogen and oxygen atoms in total. The summed E-state index contributed by atoms with van der Waals surface area (Å²) in [7, 11) is 0. The van der Waals surface area contributed by atoms with Crippen LogP contribution in [0.2, 0.25) is 0 Å². The molecule has 118 valence electrons. The Hall–Kier alpha value is -2.21. The molecule has 1 saturated heterocycles. The molecule has 1 aliphatic heterocycles. The molecule has 0 bridgehead atoms. The molecule has 3 aromatic rings. The van der Waals surface area contributed by atoms with Crippen molar-refractivity contribution in [1.29, 1.82) is 0 Å². The van der Waals surface area contributed by atoms with Gasteiger partial charge in [-0.05, 0) is 26.0 Å². The zero-order chi connectivity index (χ0) is 15.8. The maximum Gasteiger partial charge on any atom is 0.185 e. The molecule has 23 heavy (non-hydrogen) atoms. The fraction of sp³-hybridized carbons (Fsp3) is 0.353. The van der Waals surface area contributed by atoms with Crippen LogP contribution in [0.1, 0.15) is 10.6 Å². The lowest BCUT2D eigenvalue weighted by Crippen LogP contribution is -2.46. The Bertz CT molecular complexity index is 811. The number of anilines is 2. The summed E-state index contributed by atoms with van der Waals surface area (Å²) in [6, 6.07) is 8.21. The van der Waals surface area contributed by atoms with Crippen molar-refractivity contribution in [3.05, 3.63) is 41.2 Å². The summed E-state index contributed by atoms with van der Waals surface area (Å²) < 4.78 is 0. The van der Waals surface area contributed by atoms with E-state index in [1.165, 1.54) is 4.88 Å². The van der Waals surface area contributed by atoms with Crippen molar-refractivity contribution in [2.75, 3.05) is 36.0 Å². The van der Waals surface area contributed by atoms with Gasteiger partial charge < -0.3 is 9.80 Å². The Morgan fingerprint density at radius 1 is 0.957 bits per heavy atom. The van der Waals surface area contributed by atoms with Gasteiger partial charge in [0.1, 0.15) is 12.1 Å². The molecule has 0 saturated carbocycles. The second-order valence-electron chi connectivity index (χ2n) is 5.83. The topological polar surface area (TPSA) is 45.2 Å². The van der Waals surface area contributed by atoms with Gasteiger partial charge in [-0.3, -0.25) is 0 Å². The standard InChI is InChI=1S/C17H19N5S/c1-12-13(2)23-17(20-12)22-9-7-21(8-10-22)16-14-5-3-4-6-15(14)18-11-19-16/h3-6,11H,7-10H2,1-2H3. The summed E-state index contributed by atoms with van der Waals surface area (Å²) in [6.45, 7) is 8.09. The van der Waals surface area contributed by atoms with Gasteiger partial charge in [0.15, 0.2) is 5.13 Å². The zero-order valence-electron chi connectivity index (χ0n) is 13.4. The van der Waals surface area contributed by atoms with Gasteiger partial charge in [-0.25, -0.2) is 15.0 Å². The van der Waals surface area contributed by atoms with Gasteiger partial charge in [0, 0.05) is 36.4 Å². The van der Waals surface area contributed by atoms with Crippen LogP contribution in [0.5, 0.6) is 0 Å². The third-order valence-electron chi connectivity index (χ3n) is 4.39. The maximum atomic E-state index is 4.68. The molecule has 0 unspecified atom stereocenters. The highest BCUT2D eigenvalue weighted by atomic mass is 32.1. The average Bonchev–Trinajstić information content (AvgIpc) is 2.94. The van der Waals surface area contributed by atoms with Gasteiger partial charge in [0.25, 0.3) is 0 Å². The van der Waals surface area contributed by atoms with Crippen molar-refractivity contribution >= 4 is 33.2 Å². The Kier molecular flexibility index (Phi) is 3.61. The average molecular weight is 325 g/mol. The van der Waals surface area contributed by atoms with Crippen LogP contribution < -0.4 is 9.80 Å². The third kappa shape index (κ3) is 2.63. The molecule has 1 fully saturated rings. The zero-order valence-corrected chi connectivity index (χ0v) is 14.2. The second-order valence-corrected chi connectivity index (χ2v) is 7.01. The number of rotatable bonds is 2. The number of para-hydroxylation sites is 1. The number of thiazole rings is 1. The molecule has 0 N–H and O–H groups in total. The number of hydrogen-bond acceptors (Lipinski definition) is 6. The van der Waals surface area contributed by atoms with Gasteiger partial charge in [0.05, 0.1) is 11.2 Å². The monoisotopic (exact) mass is 325 g/mol. The maximum absolute atomic E-state index is 4.68. The molecule has 4 rings (SSSR count). The lowest BCUT2D eigenvalue weighted by atomic mass is 10.2. The van der Waals surface area contributed by atoms with Crippen LogP contribution in [0.4, 0.5) is 10.9 Å². The van der Waals surface area contributed by atoms with Crippen LogP contribution in [0.3, 0.4) is 0 Å². The second kappa shape index (κ2) is 5.77. The van der Waals surface area contributed by atoms with Crippen molar-refractivity contribution in [3.8, 4) is 0 Å². The molecular weight excluding hydrogens is 306 g/mol. The van der Waals surface area contributed by atoms with Gasteiger partial charge in [-0.2, -0.15) is 0 Å². The Labute approximate surface area is 139 Å². The van der Waals surface area contributed by atoms with Crippen molar-refractivity contribution in [2.24, 2.45) is 0 Å². The number of hydrogen-bond donors (Lipinski definition) is 0. The number of aromatic nitrogens is 3. The predicted molar refractivity (Wildman–Crippen MR) is 95.6 cm³/mol. The normalized spacial score (nSPS) is 15.4. The fourth-order valence-electron chi connectivity index (χ4n) is 2.94. The molecule has 2 aromatic heterocycles. The van der Waals surface area contributed by atoms with Gasteiger partial charge >= 0.3 is 0 Å². The lowest BCUT2D eigenvalue weighted by Gasteiger charge is -2.35. The number of piperazine rings is 1. The van der Waals surface area contributed by atoms with E-state index in [0.29, 0.717) is 0 Å². The van der Waals surface area contributed by atoms with Crippen LogP contribution >= 0.6 is 11.3 Å². The molecule has 1 aromatic carbocycles. The molecular formula is C17H19N5S. The predicted octanol–water partition coefficient (Wildman–Crippen LogP) is 3.03. The first-order chi connectivity index (χ1) is 11.2. The minimum absolute atomic E-state index is 0.957. The van der Waals surface area contributed by atoms with E-state index in [1.807, 2.05) is 18.2 Å². The van der Waals surface area contributed by atoms with Crippen molar-refractivity contribution in [3.63, 3.8) is 0 Å². The van der Waals surface area contributed by atoms with E-state index >= 15 is 0 Å². The highest BCUT2D eigenvalue weighted by Crippen LogP contribution is 2.28.